The van der Waals surface area contributed by atoms with Gasteiger partial charge in [0, 0.05) is 23.8 Å². The van der Waals surface area contributed by atoms with Crippen LogP contribution in [0.4, 0.5) is 0 Å². The molecule has 1 aromatic carbocycles. The first-order valence-electron chi connectivity index (χ1n) is 8.18. The molecule has 6 heteroatoms. The van der Waals surface area contributed by atoms with Gasteiger partial charge < -0.3 is 9.30 Å². The van der Waals surface area contributed by atoms with E-state index < -0.39 is 11.6 Å². The molecule has 0 N–H and O–H groups in total. The van der Waals surface area contributed by atoms with Crippen LogP contribution in [0, 0.1) is 0 Å². The second kappa shape index (κ2) is 10.0. The number of aromatic nitrogens is 2. The van der Waals surface area contributed by atoms with Crippen molar-refractivity contribution in [2.75, 3.05) is 0 Å². The first-order chi connectivity index (χ1) is 11.6. The fourth-order valence-electron chi connectivity index (χ4n) is 2.40. The van der Waals surface area contributed by atoms with E-state index in [2.05, 4.69) is 11.9 Å². The molecule has 1 heterocycles. The molecule has 0 fully saturated rings. The summed E-state index contributed by atoms with van der Waals surface area (Å²) in [5.41, 5.74) is 0.492. The molecule has 2 atom stereocenters. The van der Waals surface area contributed by atoms with Crippen molar-refractivity contribution in [2.24, 2.45) is 0 Å². The number of benzene rings is 1. The molecule has 2 unspecified atom stereocenters. The number of thiocarbonyl (C=S) groups is 1. The van der Waals surface area contributed by atoms with Gasteiger partial charge in [0.2, 0.25) is 0 Å². The van der Waals surface area contributed by atoms with Gasteiger partial charge in [0.1, 0.15) is 5.50 Å². The average molecular weight is 385 g/mol. The highest BCUT2D eigenvalue weighted by atomic mass is 35.5. The summed E-state index contributed by atoms with van der Waals surface area (Å²) in [5.74, 6) is 0. The van der Waals surface area contributed by atoms with Crippen LogP contribution < -0.4 is 0 Å². The van der Waals surface area contributed by atoms with Crippen molar-refractivity contribution >= 4 is 40.5 Å². The Hall–Kier alpha value is -1.10. The van der Waals surface area contributed by atoms with Gasteiger partial charge in [0.05, 0.1) is 6.33 Å². The highest BCUT2D eigenvalue weighted by molar-refractivity contribution is 7.80. The van der Waals surface area contributed by atoms with Crippen LogP contribution in [0.5, 0.6) is 0 Å². The van der Waals surface area contributed by atoms with Gasteiger partial charge in [-0.05, 0) is 36.3 Å². The lowest BCUT2D eigenvalue weighted by Crippen LogP contribution is -2.18. The molecule has 3 nitrogen and oxygen atoms in total. The van der Waals surface area contributed by atoms with Crippen LogP contribution in [0.15, 0.2) is 43.0 Å². The number of alkyl halides is 1. The predicted molar refractivity (Wildman–Crippen MR) is 104 cm³/mol. The second-order valence-electron chi connectivity index (χ2n) is 5.66. The van der Waals surface area contributed by atoms with Crippen LogP contribution >= 0.6 is 35.4 Å². The number of nitrogens with zero attached hydrogens (tertiary/aromatic N) is 2. The minimum Gasteiger partial charge on any atom is -0.476 e. The van der Waals surface area contributed by atoms with E-state index >= 15 is 0 Å². The number of hydrogen-bond donors (Lipinski definition) is 0. The van der Waals surface area contributed by atoms with Gasteiger partial charge in [-0.25, -0.2) is 4.98 Å². The van der Waals surface area contributed by atoms with Crippen molar-refractivity contribution in [1.29, 1.82) is 0 Å². The van der Waals surface area contributed by atoms with Crippen LogP contribution in [0.25, 0.3) is 0 Å². The minimum absolute atomic E-state index is 0.392. The monoisotopic (exact) mass is 384 g/mol. The van der Waals surface area contributed by atoms with Gasteiger partial charge in [0.15, 0.2) is 11.2 Å². The van der Waals surface area contributed by atoms with E-state index in [0.29, 0.717) is 10.1 Å². The van der Waals surface area contributed by atoms with Crippen molar-refractivity contribution in [3.8, 4) is 0 Å². The van der Waals surface area contributed by atoms with Crippen LogP contribution in [0.1, 0.15) is 56.2 Å². The molecule has 130 valence electrons. The Balaban J connectivity index is 2.08. The van der Waals surface area contributed by atoms with E-state index in [0.717, 1.165) is 24.8 Å². The van der Waals surface area contributed by atoms with Crippen molar-refractivity contribution < 1.29 is 4.74 Å². The quantitative estimate of drug-likeness (QED) is 0.287. The lowest BCUT2D eigenvalue weighted by atomic mass is 10.1. The molecule has 0 spiro atoms. The van der Waals surface area contributed by atoms with E-state index in [1.165, 1.54) is 12.8 Å². The molecule has 24 heavy (non-hydrogen) atoms. The van der Waals surface area contributed by atoms with Crippen molar-refractivity contribution in [3.63, 3.8) is 0 Å². The first kappa shape index (κ1) is 19.2. The van der Waals surface area contributed by atoms with Crippen LogP contribution in [0.2, 0.25) is 5.02 Å². The number of imidazole rings is 1. The third-order valence-corrected chi connectivity index (χ3v) is 4.76. The zero-order valence-corrected chi connectivity index (χ0v) is 16.0. The fraction of sp³-hybridized carbons (Fsp3) is 0.444. The standard InChI is InChI=1S/C18H22Cl2N2OS/c1-2-3-4-5-6-16(24)23-17(14-7-9-15(19)10-8-14)18(20)22-12-11-21-13-22/h7-13,17-18H,2-6H2,1H3. The number of hydrogen-bond acceptors (Lipinski definition) is 3. The summed E-state index contributed by atoms with van der Waals surface area (Å²) in [6.07, 6.45) is 10.2. The Morgan fingerprint density at radius 2 is 2.00 bits per heavy atom. The minimum atomic E-state index is -0.442. The lowest BCUT2D eigenvalue weighted by molar-refractivity contribution is 0.162. The van der Waals surface area contributed by atoms with E-state index in [1.807, 2.05) is 30.5 Å². The summed E-state index contributed by atoms with van der Waals surface area (Å²) >= 11 is 18.0. The molecule has 0 radical (unpaired) electrons. The third-order valence-electron chi connectivity index (χ3n) is 3.75. The highest BCUT2D eigenvalue weighted by Crippen LogP contribution is 2.34. The summed E-state index contributed by atoms with van der Waals surface area (Å²) in [6, 6.07) is 7.49. The Morgan fingerprint density at radius 1 is 1.25 bits per heavy atom. The molecule has 0 bridgehead atoms. The zero-order chi connectivity index (χ0) is 17.4. The molecule has 0 aliphatic heterocycles. The Morgan fingerprint density at radius 3 is 2.62 bits per heavy atom. The SMILES string of the molecule is CCCCCCC(=S)OC(c1ccc(Cl)cc1)C(Cl)n1ccnc1. The van der Waals surface area contributed by atoms with Gasteiger partial charge in [-0.3, -0.25) is 0 Å². The molecule has 0 aliphatic rings. The maximum Gasteiger partial charge on any atom is 0.160 e. The zero-order valence-electron chi connectivity index (χ0n) is 13.7. The maximum atomic E-state index is 6.62. The fourth-order valence-corrected chi connectivity index (χ4v) is 3.09. The van der Waals surface area contributed by atoms with E-state index in [-0.39, 0.29) is 0 Å². The molecule has 0 saturated heterocycles. The van der Waals surface area contributed by atoms with Crippen LogP contribution in [-0.4, -0.2) is 14.6 Å². The summed E-state index contributed by atoms with van der Waals surface area (Å²) < 4.78 is 7.86. The van der Waals surface area contributed by atoms with Crippen LogP contribution in [-0.2, 0) is 4.74 Å². The first-order valence-corrected chi connectivity index (χ1v) is 9.40. The van der Waals surface area contributed by atoms with Crippen molar-refractivity contribution in [2.45, 2.75) is 50.6 Å². The van der Waals surface area contributed by atoms with E-state index in [1.54, 1.807) is 17.1 Å². The average Bonchev–Trinajstić information content (AvgIpc) is 3.11. The Bertz CT molecular complexity index is 616. The Kier molecular flexibility index (Phi) is 8.03. The summed E-state index contributed by atoms with van der Waals surface area (Å²) in [5, 5.41) is 1.27. The topological polar surface area (TPSA) is 27.1 Å². The third kappa shape index (κ3) is 5.76. The summed E-state index contributed by atoms with van der Waals surface area (Å²) in [6.45, 7) is 2.19. The largest absolute Gasteiger partial charge is 0.476 e. The molecule has 0 amide bonds. The number of unbranched alkanes of at least 4 members (excludes halogenated alkanes) is 3. The number of halogens is 2. The number of rotatable bonds is 9. The summed E-state index contributed by atoms with van der Waals surface area (Å²) in [7, 11) is 0. The highest BCUT2D eigenvalue weighted by Gasteiger charge is 2.25. The summed E-state index contributed by atoms with van der Waals surface area (Å²) in [4.78, 5) is 4.05. The van der Waals surface area contributed by atoms with Crippen molar-refractivity contribution in [3.05, 3.63) is 53.6 Å². The molecule has 2 aromatic rings. The van der Waals surface area contributed by atoms with Gasteiger partial charge in [-0.1, -0.05) is 61.5 Å². The molecule has 0 aliphatic carbocycles. The number of ether oxygens (including phenoxy) is 1. The molecule has 2 rings (SSSR count). The molecular formula is C18H22Cl2N2OS. The van der Waals surface area contributed by atoms with Crippen molar-refractivity contribution in [1.82, 2.24) is 9.55 Å². The van der Waals surface area contributed by atoms with Crippen LogP contribution in [0.3, 0.4) is 0 Å². The smallest absolute Gasteiger partial charge is 0.160 e. The second-order valence-corrected chi connectivity index (χ2v) is 6.99. The molecular weight excluding hydrogens is 363 g/mol. The van der Waals surface area contributed by atoms with E-state index in [4.69, 9.17) is 40.2 Å². The van der Waals surface area contributed by atoms with Gasteiger partial charge in [-0.2, -0.15) is 0 Å². The molecule has 1 aromatic heterocycles. The maximum absolute atomic E-state index is 6.62. The Labute approximate surface area is 158 Å². The normalized spacial score (nSPS) is 13.5. The predicted octanol–water partition coefficient (Wildman–Crippen LogP) is 6.33. The molecule has 0 saturated carbocycles. The van der Waals surface area contributed by atoms with Gasteiger partial charge in [-0.15, -0.1) is 0 Å². The van der Waals surface area contributed by atoms with E-state index in [9.17, 15) is 0 Å². The van der Waals surface area contributed by atoms with Gasteiger partial charge in [0.25, 0.3) is 0 Å². The van der Waals surface area contributed by atoms with Gasteiger partial charge >= 0.3 is 0 Å². The lowest BCUT2D eigenvalue weighted by Gasteiger charge is -2.25.